The quantitative estimate of drug-likeness (QED) is 0.833. The van der Waals surface area contributed by atoms with Crippen LogP contribution < -0.4 is 4.72 Å². The van der Waals surface area contributed by atoms with Crippen LogP contribution in [0.3, 0.4) is 0 Å². The van der Waals surface area contributed by atoms with E-state index < -0.39 is 15.8 Å². The lowest BCUT2D eigenvalue weighted by molar-refractivity contribution is 0.279. The summed E-state index contributed by atoms with van der Waals surface area (Å²) >= 11 is 3.07. The number of nitrogens with one attached hydrogen (secondary N) is 1. The SMILES string of the molecule is CC(CCCO)NS(=O)(=O)c1ccc(Br)cc1F. The summed E-state index contributed by atoms with van der Waals surface area (Å²) in [6, 6.07) is 3.42. The molecule has 1 atom stereocenters. The zero-order valence-electron chi connectivity index (χ0n) is 9.86. The highest BCUT2D eigenvalue weighted by molar-refractivity contribution is 9.10. The van der Waals surface area contributed by atoms with Crippen molar-refractivity contribution in [2.24, 2.45) is 0 Å². The van der Waals surface area contributed by atoms with Gasteiger partial charge in [-0.3, -0.25) is 0 Å². The van der Waals surface area contributed by atoms with Crippen LogP contribution in [-0.4, -0.2) is 26.2 Å². The lowest BCUT2D eigenvalue weighted by Gasteiger charge is -2.14. The molecular formula is C11H15BrFNO3S. The third-order valence-electron chi connectivity index (χ3n) is 2.34. The van der Waals surface area contributed by atoms with E-state index in [9.17, 15) is 12.8 Å². The van der Waals surface area contributed by atoms with Crippen LogP contribution in [0.5, 0.6) is 0 Å². The average molecular weight is 340 g/mol. The molecule has 1 unspecified atom stereocenters. The average Bonchev–Trinajstić information content (AvgIpc) is 2.25. The summed E-state index contributed by atoms with van der Waals surface area (Å²) in [6.07, 6.45) is 0.986. The lowest BCUT2D eigenvalue weighted by Crippen LogP contribution is -2.33. The predicted octanol–water partition coefficient (Wildman–Crippen LogP) is 2.03. The van der Waals surface area contributed by atoms with E-state index in [2.05, 4.69) is 20.7 Å². The zero-order chi connectivity index (χ0) is 13.8. The summed E-state index contributed by atoms with van der Waals surface area (Å²) in [7, 11) is -3.86. The number of sulfonamides is 1. The normalized spacial score (nSPS) is 13.6. The minimum atomic E-state index is -3.86. The number of hydrogen-bond donors (Lipinski definition) is 2. The summed E-state index contributed by atoms with van der Waals surface area (Å²) in [4.78, 5) is -0.374. The van der Waals surface area contributed by atoms with Crippen LogP contribution in [0.4, 0.5) is 4.39 Å². The molecule has 1 rings (SSSR count). The fourth-order valence-electron chi connectivity index (χ4n) is 1.48. The summed E-state index contributed by atoms with van der Waals surface area (Å²) in [5, 5.41) is 8.66. The van der Waals surface area contributed by atoms with E-state index in [0.717, 1.165) is 6.07 Å². The Morgan fingerprint density at radius 1 is 1.50 bits per heavy atom. The molecule has 0 aliphatic heterocycles. The molecule has 2 N–H and O–H groups in total. The van der Waals surface area contributed by atoms with E-state index in [1.165, 1.54) is 12.1 Å². The van der Waals surface area contributed by atoms with Gasteiger partial charge in [-0.2, -0.15) is 0 Å². The van der Waals surface area contributed by atoms with Crippen molar-refractivity contribution in [2.75, 3.05) is 6.61 Å². The summed E-state index contributed by atoms with van der Waals surface area (Å²) in [5.74, 6) is -0.800. The number of aliphatic hydroxyl groups excluding tert-OH is 1. The van der Waals surface area contributed by atoms with Gasteiger partial charge in [0.05, 0.1) is 0 Å². The smallest absolute Gasteiger partial charge is 0.243 e. The fourth-order valence-corrected chi connectivity index (χ4v) is 3.15. The molecule has 0 spiro atoms. The number of aliphatic hydroxyl groups is 1. The number of halogens is 2. The molecule has 0 saturated carbocycles. The first kappa shape index (κ1) is 15.6. The van der Waals surface area contributed by atoms with Crippen molar-refractivity contribution in [3.05, 3.63) is 28.5 Å². The van der Waals surface area contributed by atoms with Gasteiger partial charge in [0.15, 0.2) is 0 Å². The van der Waals surface area contributed by atoms with Crippen LogP contribution in [0.25, 0.3) is 0 Å². The van der Waals surface area contributed by atoms with E-state index in [0.29, 0.717) is 17.3 Å². The molecule has 18 heavy (non-hydrogen) atoms. The van der Waals surface area contributed by atoms with Crippen molar-refractivity contribution >= 4 is 26.0 Å². The standard InChI is InChI=1S/C11H15BrFNO3S/c1-8(3-2-6-15)14-18(16,17)11-5-4-9(12)7-10(11)13/h4-5,7-8,14-15H,2-3,6H2,1H3. The lowest BCUT2D eigenvalue weighted by atomic mass is 10.2. The van der Waals surface area contributed by atoms with E-state index in [1.807, 2.05) is 0 Å². The van der Waals surface area contributed by atoms with Gasteiger partial charge in [0.2, 0.25) is 10.0 Å². The number of rotatable bonds is 6. The Balaban J connectivity index is 2.86. The molecule has 0 aliphatic carbocycles. The molecule has 102 valence electrons. The van der Waals surface area contributed by atoms with Crippen molar-refractivity contribution in [1.29, 1.82) is 0 Å². The minimum absolute atomic E-state index is 0.00128. The van der Waals surface area contributed by atoms with E-state index in [1.54, 1.807) is 6.92 Å². The van der Waals surface area contributed by atoms with Gasteiger partial charge in [-0.1, -0.05) is 15.9 Å². The topological polar surface area (TPSA) is 66.4 Å². The Morgan fingerprint density at radius 3 is 2.72 bits per heavy atom. The van der Waals surface area contributed by atoms with Crippen molar-refractivity contribution in [1.82, 2.24) is 4.72 Å². The summed E-state index contributed by atoms with van der Waals surface area (Å²) < 4.78 is 40.2. The molecule has 0 heterocycles. The predicted molar refractivity (Wildman–Crippen MR) is 70.2 cm³/mol. The Kier molecular flexibility index (Phi) is 5.71. The second-order valence-corrected chi connectivity index (χ2v) is 6.56. The van der Waals surface area contributed by atoms with Crippen LogP contribution in [-0.2, 0) is 10.0 Å². The Morgan fingerprint density at radius 2 is 2.17 bits per heavy atom. The van der Waals surface area contributed by atoms with E-state index in [-0.39, 0.29) is 17.5 Å². The van der Waals surface area contributed by atoms with Gasteiger partial charge in [-0.15, -0.1) is 0 Å². The first-order valence-corrected chi connectivity index (χ1v) is 7.72. The third-order valence-corrected chi connectivity index (χ3v) is 4.45. The van der Waals surface area contributed by atoms with Crippen molar-refractivity contribution in [3.8, 4) is 0 Å². The maximum atomic E-state index is 13.6. The molecule has 0 amide bonds. The van der Waals surface area contributed by atoms with Crippen LogP contribution in [0.2, 0.25) is 0 Å². The molecule has 0 aliphatic rings. The van der Waals surface area contributed by atoms with Gasteiger partial charge in [-0.25, -0.2) is 17.5 Å². The number of hydrogen-bond acceptors (Lipinski definition) is 3. The van der Waals surface area contributed by atoms with Gasteiger partial charge < -0.3 is 5.11 Å². The summed E-state index contributed by atoms with van der Waals surface area (Å²) in [5.41, 5.74) is 0. The van der Waals surface area contributed by atoms with Crippen molar-refractivity contribution < 1.29 is 17.9 Å². The van der Waals surface area contributed by atoms with Gasteiger partial charge >= 0.3 is 0 Å². The van der Waals surface area contributed by atoms with Gasteiger partial charge in [0.1, 0.15) is 10.7 Å². The van der Waals surface area contributed by atoms with E-state index >= 15 is 0 Å². The van der Waals surface area contributed by atoms with Crippen molar-refractivity contribution in [3.63, 3.8) is 0 Å². The molecule has 0 fully saturated rings. The molecular weight excluding hydrogens is 325 g/mol. The largest absolute Gasteiger partial charge is 0.396 e. The molecule has 0 saturated heterocycles. The van der Waals surface area contributed by atoms with Gasteiger partial charge in [-0.05, 0) is 38.0 Å². The Labute approximate surface area is 114 Å². The zero-order valence-corrected chi connectivity index (χ0v) is 12.3. The second kappa shape index (κ2) is 6.60. The van der Waals surface area contributed by atoms with Crippen LogP contribution in [0.15, 0.2) is 27.6 Å². The maximum Gasteiger partial charge on any atom is 0.243 e. The maximum absolute atomic E-state index is 13.6. The highest BCUT2D eigenvalue weighted by atomic mass is 79.9. The Bertz CT molecular complexity index is 507. The van der Waals surface area contributed by atoms with Crippen LogP contribution in [0.1, 0.15) is 19.8 Å². The third kappa shape index (κ3) is 4.31. The first-order chi connectivity index (χ1) is 8.36. The Hall–Kier alpha value is -0.500. The fraction of sp³-hybridized carbons (Fsp3) is 0.455. The molecule has 7 heteroatoms. The monoisotopic (exact) mass is 339 g/mol. The summed E-state index contributed by atoms with van der Waals surface area (Å²) in [6.45, 7) is 1.67. The van der Waals surface area contributed by atoms with Crippen molar-refractivity contribution in [2.45, 2.75) is 30.7 Å². The molecule has 0 radical (unpaired) electrons. The van der Waals surface area contributed by atoms with Crippen LogP contribution >= 0.6 is 15.9 Å². The molecule has 0 bridgehead atoms. The highest BCUT2D eigenvalue weighted by Crippen LogP contribution is 2.19. The molecule has 1 aromatic rings. The van der Waals surface area contributed by atoms with Gasteiger partial charge in [0, 0.05) is 17.1 Å². The molecule has 4 nitrogen and oxygen atoms in total. The molecule has 0 aromatic heterocycles. The second-order valence-electron chi connectivity index (χ2n) is 3.96. The number of benzene rings is 1. The first-order valence-electron chi connectivity index (χ1n) is 5.45. The molecule has 1 aromatic carbocycles. The highest BCUT2D eigenvalue weighted by Gasteiger charge is 2.21. The van der Waals surface area contributed by atoms with Gasteiger partial charge in [0.25, 0.3) is 0 Å². The van der Waals surface area contributed by atoms with E-state index in [4.69, 9.17) is 5.11 Å². The minimum Gasteiger partial charge on any atom is -0.396 e. The van der Waals surface area contributed by atoms with Crippen LogP contribution in [0, 0.1) is 5.82 Å².